The quantitative estimate of drug-likeness (QED) is 0.551. The third-order valence-corrected chi connectivity index (χ3v) is 1.15. The molecule has 0 fully saturated rings. The van der Waals surface area contributed by atoms with Crippen molar-refractivity contribution >= 4 is 22.9 Å². The highest BCUT2D eigenvalue weighted by Gasteiger charge is 1.85. The van der Waals surface area contributed by atoms with Gasteiger partial charge in [0.1, 0.15) is 0 Å². The van der Waals surface area contributed by atoms with E-state index in [-0.39, 0.29) is 0 Å². The Morgan fingerprint density at radius 3 is 2.43 bits per heavy atom. The van der Waals surface area contributed by atoms with Crippen LogP contribution < -0.4 is 5.73 Å². The van der Waals surface area contributed by atoms with E-state index in [1.165, 1.54) is 0 Å². The first-order valence-corrected chi connectivity index (χ1v) is 3.31. The van der Waals surface area contributed by atoms with E-state index in [0.717, 1.165) is 19.5 Å². The summed E-state index contributed by atoms with van der Waals surface area (Å²) in [6.07, 6.45) is 1.10. The average molecular weight is 214 g/mol. The molecule has 44 valence electrons. The first kappa shape index (κ1) is 7.65. The molecule has 0 aromatic rings. The summed E-state index contributed by atoms with van der Waals surface area (Å²) in [7, 11) is 2.04. The van der Waals surface area contributed by atoms with Crippen molar-refractivity contribution in [1.29, 1.82) is 0 Å². The number of rotatable bonds is 3. The van der Waals surface area contributed by atoms with E-state index >= 15 is 0 Å². The van der Waals surface area contributed by atoms with Gasteiger partial charge < -0.3 is 5.73 Å². The fourth-order valence-electron chi connectivity index (χ4n) is 0.309. The smallest absolute Gasteiger partial charge is 0.0198 e. The zero-order valence-corrected chi connectivity index (χ0v) is 6.68. The minimum Gasteiger partial charge on any atom is -0.330 e. The molecule has 0 aromatic heterocycles. The van der Waals surface area contributed by atoms with Crippen molar-refractivity contribution < 1.29 is 0 Å². The molecule has 2 nitrogen and oxygen atoms in total. The van der Waals surface area contributed by atoms with E-state index in [9.17, 15) is 0 Å². The van der Waals surface area contributed by atoms with Crippen LogP contribution in [0.4, 0.5) is 0 Å². The van der Waals surface area contributed by atoms with Gasteiger partial charge in [-0.3, -0.25) is 3.11 Å². The molecule has 0 atom stereocenters. The van der Waals surface area contributed by atoms with Crippen LogP contribution in [0.15, 0.2) is 0 Å². The van der Waals surface area contributed by atoms with Crippen molar-refractivity contribution in [2.45, 2.75) is 6.42 Å². The molecule has 2 N–H and O–H groups in total. The van der Waals surface area contributed by atoms with Crippen LogP contribution in [0.25, 0.3) is 0 Å². The Morgan fingerprint density at radius 1 is 1.71 bits per heavy atom. The van der Waals surface area contributed by atoms with Gasteiger partial charge in [0, 0.05) is 29.4 Å². The van der Waals surface area contributed by atoms with Gasteiger partial charge in [-0.25, -0.2) is 0 Å². The van der Waals surface area contributed by atoms with Crippen LogP contribution >= 0.6 is 22.9 Å². The van der Waals surface area contributed by atoms with Crippen molar-refractivity contribution in [2.75, 3.05) is 20.1 Å². The number of nitrogens with zero attached hydrogens (tertiary/aromatic N) is 1. The Labute approximate surface area is 58.6 Å². The summed E-state index contributed by atoms with van der Waals surface area (Å²) < 4.78 is 2.10. The summed E-state index contributed by atoms with van der Waals surface area (Å²) in [6.45, 7) is 1.89. The molecule has 0 unspecified atom stereocenters. The van der Waals surface area contributed by atoms with Crippen LogP contribution in [-0.4, -0.2) is 23.3 Å². The molecule has 0 rings (SSSR count). The molecular formula is C4H11IN2. The summed E-state index contributed by atoms with van der Waals surface area (Å²) in [5, 5.41) is 0. The zero-order valence-electron chi connectivity index (χ0n) is 4.52. The van der Waals surface area contributed by atoms with Gasteiger partial charge in [0.25, 0.3) is 0 Å². The molecule has 0 saturated heterocycles. The summed E-state index contributed by atoms with van der Waals surface area (Å²) >= 11 is 2.24. The molecule has 0 radical (unpaired) electrons. The van der Waals surface area contributed by atoms with Crippen LogP contribution in [-0.2, 0) is 0 Å². The van der Waals surface area contributed by atoms with Crippen molar-refractivity contribution in [1.82, 2.24) is 3.11 Å². The first-order valence-electron chi connectivity index (χ1n) is 2.34. The average Bonchev–Trinajstić information content (AvgIpc) is 1.61. The SMILES string of the molecule is CN(I)CCCN. The Bertz CT molecular complexity index is 38.7. The maximum absolute atomic E-state index is 5.25. The van der Waals surface area contributed by atoms with Crippen LogP contribution in [0.5, 0.6) is 0 Å². The van der Waals surface area contributed by atoms with E-state index in [1.807, 2.05) is 7.05 Å². The Kier molecular flexibility index (Phi) is 5.25. The van der Waals surface area contributed by atoms with Crippen LogP contribution in [0.3, 0.4) is 0 Å². The lowest BCUT2D eigenvalue weighted by Crippen LogP contribution is -2.10. The lowest BCUT2D eigenvalue weighted by Gasteiger charge is -2.02. The third kappa shape index (κ3) is 6.65. The summed E-state index contributed by atoms with van der Waals surface area (Å²) in [6, 6.07) is 0. The van der Waals surface area contributed by atoms with Gasteiger partial charge >= 0.3 is 0 Å². The van der Waals surface area contributed by atoms with Gasteiger partial charge in [0.05, 0.1) is 0 Å². The molecule has 0 saturated carbocycles. The van der Waals surface area contributed by atoms with Gasteiger partial charge in [-0.2, -0.15) is 0 Å². The van der Waals surface area contributed by atoms with Crippen LogP contribution in [0.2, 0.25) is 0 Å². The van der Waals surface area contributed by atoms with Crippen LogP contribution in [0.1, 0.15) is 6.42 Å². The normalized spacial score (nSPS) is 10.3. The zero-order chi connectivity index (χ0) is 5.70. The minimum absolute atomic E-state index is 0.799. The topological polar surface area (TPSA) is 29.3 Å². The molecule has 7 heavy (non-hydrogen) atoms. The lowest BCUT2D eigenvalue weighted by molar-refractivity contribution is 0.585. The van der Waals surface area contributed by atoms with Crippen LogP contribution in [0, 0.1) is 0 Å². The Hall–Kier alpha value is 0.650. The van der Waals surface area contributed by atoms with Crippen molar-refractivity contribution in [3.63, 3.8) is 0 Å². The first-order chi connectivity index (χ1) is 3.27. The second kappa shape index (κ2) is 4.80. The fraction of sp³-hybridized carbons (Fsp3) is 1.00. The van der Waals surface area contributed by atoms with E-state index in [4.69, 9.17) is 5.73 Å². The predicted octanol–water partition coefficient (Wildman–Crippen LogP) is 0.617. The lowest BCUT2D eigenvalue weighted by atomic mass is 10.4. The highest BCUT2D eigenvalue weighted by molar-refractivity contribution is 14.1. The summed E-state index contributed by atoms with van der Waals surface area (Å²) in [4.78, 5) is 0. The van der Waals surface area contributed by atoms with Gasteiger partial charge in [-0.05, 0) is 20.0 Å². The third-order valence-electron chi connectivity index (χ3n) is 0.670. The largest absolute Gasteiger partial charge is 0.330 e. The molecule has 0 aromatic carbocycles. The summed E-state index contributed by atoms with van der Waals surface area (Å²) in [5.74, 6) is 0. The van der Waals surface area contributed by atoms with Crippen molar-refractivity contribution in [3.8, 4) is 0 Å². The maximum atomic E-state index is 5.25. The van der Waals surface area contributed by atoms with Gasteiger partial charge in [0.15, 0.2) is 0 Å². The summed E-state index contributed by atoms with van der Waals surface area (Å²) in [5.41, 5.74) is 5.25. The van der Waals surface area contributed by atoms with Gasteiger partial charge in [-0.15, -0.1) is 0 Å². The number of nitrogens with two attached hydrogens (primary N) is 1. The van der Waals surface area contributed by atoms with Crippen molar-refractivity contribution in [2.24, 2.45) is 5.73 Å². The van der Waals surface area contributed by atoms with Gasteiger partial charge in [0.2, 0.25) is 0 Å². The Morgan fingerprint density at radius 2 is 2.29 bits per heavy atom. The van der Waals surface area contributed by atoms with E-state index in [0.29, 0.717) is 0 Å². The van der Waals surface area contributed by atoms with E-state index in [1.54, 1.807) is 0 Å². The molecule has 0 aliphatic rings. The number of hydrogen-bond donors (Lipinski definition) is 1. The molecule has 0 heterocycles. The molecule has 3 heteroatoms. The molecular weight excluding hydrogens is 203 g/mol. The number of hydrogen-bond acceptors (Lipinski definition) is 2. The monoisotopic (exact) mass is 214 g/mol. The molecule has 0 aliphatic heterocycles. The number of halogens is 1. The molecule has 0 bridgehead atoms. The highest BCUT2D eigenvalue weighted by Crippen LogP contribution is 1.91. The predicted molar refractivity (Wildman–Crippen MR) is 40.3 cm³/mol. The second-order valence-corrected chi connectivity index (χ2v) is 3.12. The molecule has 0 amide bonds. The molecule has 0 aliphatic carbocycles. The minimum atomic E-state index is 0.799. The van der Waals surface area contributed by atoms with Gasteiger partial charge in [-0.1, -0.05) is 0 Å². The standard InChI is InChI=1S/C4H11IN2/c1-7(5)4-2-3-6/h2-4,6H2,1H3. The Balaban J connectivity index is 2.68. The van der Waals surface area contributed by atoms with E-state index in [2.05, 4.69) is 26.0 Å². The maximum Gasteiger partial charge on any atom is 0.0198 e. The van der Waals surface area contributed by atoms with Crippen molar-refractivity contribution in [3.05, 3.63) is 0 Å². The second-order valence-electron chi connectivity index (χ2n) is 1.47. The van der Waals surface area contributed by atoms with E-state index < -0.39 is 0 Å². The highest BCUT2D eigenvalue weighted by atomic mass is 127. The fourth-order valence-corrected chi connectivity index (χ4v) is 0.650. The molecule has 0 spiro atoms.